The molecule has 0 aliphatic heterocycles. The van der Waals surface area contributed by atoms with Crippen LogP contribution in [0.3, 0.4) is 0 Å². The SMILES string of the molecule is CCN(CC)CC(C)CNc1ccnc(Nc2nc3c(Cl)cccc3n2Cl)n1. The van der Waals surface area contributed by atoms with E-state index in [1.165, 1.54) is 4.09 Å². The lowest BCUT2D eigenvalue weighted by Gasteiger charge is -2.23. The monoisotopic (exact) mass is 421 g/mol. The highest BCUT2D eigenvalue weighted by Gasteiger charge is 2.13. The normalized spacial score (nSPS) is 12.5. The molecule has 2 N–H and O–H groups in total. The van der Waals surface area contributed by atoms with Crippen LogP contribution < -0.4 is 10.6 Å². The Hall–Kier alpha value is -2.09. The van der Waals surface area contributed by atoms with E-state index in [0.29, 0.717) is 28.4 Å². The minimum Gasteiger partial charge on any atom is -0.370 e. The predicted octanol–water partition coefficient (Wildman–Crippen LogP) is 4.62. The summed E-state index contributed by atoms with van der Waals surface area (Å²) < 4.78 is 1.41. The summed E-state index contributed by atoms with van der Waals surface area (Å²) in [6.45, 7) is 10.6. The van der Waals surface area contributed by atoms with Gasteiger partial charge in [0, 0.05) is 31.1 Å². The Morgan fingerprint density at radius 1 is 1.18 bits per heavy atom. The molecule has 7 nitrogen and oxygen atoms in total. The fourth-order valence-electron chi connectivity index (χ4n) is 3.00. The summed E-state index contributed by atoms with van der Waals surface area (Å²) in [5.41, 5.74) is 1.34. The lowest BCUT2D eigenvalue weighted by molar-refractivity contribution is 0.266. The van der Waals surface area contributed by atoms with Crippen molar-refractivity contribution >= 4 is 52.1 Å². The summed E-state index contributed by atoms with van der Waals surface area (Å²) >= 11 is 12.5. The minimum absolute atomic E-state index is 0.412. The van der Waals surface area contributed by atoms with Crippen molar-refractivity contribution in [1.82, 2.24) is 23.9 Å². The minimum atomic E-state index is 0.412. The summed E-state index contributed by atoms with van der Waals surface area (Å²) in [5, 5.41) is 6.97. The van der Waals surface area contributed by atoms with Crippen LogP contribution in [0, 0.1) is 5.92 Å². The molecule has 0 aliphatic carbocycles. The maximum atomic E-state index is 6.35. The summed E-state index contributed by atoms with van der Waals surface area (Å²) in [6.07, 6.45) is 1.70. The maximum Gasteiger partial charge on any atom is 0.231 e. The summed E-state index contributed by atoms with van der Waals surface area (Å²) in [4.78, 5) is 15.6. The van der Waals surface area contributed by atoms with Crippen molar-refractivity contribution in [3.05, 3.63) is 35.5 Å². The zero-order chi connectivity index (χ0) is 20.1. The second kappa shape index (κ2) is 9.41. The van der Waals surface area contributed by atoms with Crippen LogP contribution in [-0.2, 0) is 0 Å². The molecule has 0 spiro atoms. The quantitative estimate of drug-likeness (QED) is 0.525. The molecular formula is C19H25Cl2N7. The van der Waals surface area contributed by atoms with Crippen LogP contribution >= 0.6 is 23.4 Å². The maximum absolute atomic E-state index is 6.35. The van der Waals surface area contributed by atoms with E-state index in [1.54, 1.807) is 12.3 Å². The zero-order valence-corrected chi connectivity index (χ0v) is 17.8. The van der Waals surface area contributed by atoms with Gasteiger partial charge in [-0.3, -0.25) is 5.32 Å². The van der Waals surface area contributed by atoms with Gasteiger partial charge in [-0.2, -0.15) is 4.98 Å². The lowest BCUT2D eigenvalue weighted by atomic mass is 10.1. The number of nitrogens with one attached hydrogen (secondary N) is 2. The predicted molar refractivity (Wildman–Crippen MR) is 117 cm³/mol. The number of nitrogens with zero attached hydrogens (tertiary/aromatic N) is 5. The van der Waals surface area contributed by atoms with Gasteiger partial charge in [0.05, 0.1) is 10.5 Å². The van der Waals surface area contributed by atoms with E-state index in [-0.39, 0.29) is 0 Å². The van der Waals surface area contributed by atoms with E-state index in [1.807, 2.05) is 18.2 Å². The Labute approximate surface area is 175 Å². The summed E-state index contributed by atoms with van der Waals surface area (Å²) in [6, 6.07) is 7.30. The molecule has 0 radical (unpaired) electrons. The smallest absolute Gasteiger partial charge is 0.231 e. The average Bonchev–Trinajstić information content (AvgIpc) is 3.02. The van der Waals surface area contributed by atoms with Gasteiger partial charge < -0.3 is 10.2 Å². The van der Waals surface area contributed by atoms with Crippen molar-refractivity contribution in [2.45, 2.75) is 20.8 Å². The number of hydrogen-bond donors (Lipinski definition) is 2. The standard InChI is InChI=1S/C19H25Cl2N7/c1-4-27(5-2)12-13(3)11-23-16-9-10-22-18(24-16)26-19-25-17-14(20)7-6-8-15(17)28(19)21/h6-10,13H,4-5,11-12H2,1-3H3,(H2,22,23,24,25,26). The van der Waals surface area contributed by atoms with Crippen LogP contribution in [0.5, 0.6) is 0 Å². The molecule has 1 aromatic carbocycles. The van der Waals surface area contributed by atoms with Gasteiger partial charge in [0.15, 0.2) is 0 Å². The highest BCUT2D eigenvalue weighted by Crippen LogP contribution is 2.28. The fourth-order valence-corrected chi connectivity index (χ4v) is 3.43. The Morgan fingerprint density at radius 3 is 2.68 bits per heavy atom. The molecule has 3 rings (SSSR count). The van der Waals surface area contributed by atoms with Crippen LogP contribution in [0.2, 0.25) is 5.02 Å². The Balaban J connectivity index is 1.67. The molecule has 1 unspecified atom stereocenters. The van der Waals surface area contributed by atoms with Gasteiger partial charge in [-0.25, -0.2) is 14.1 Å². The van der Waals surface area contributed by atoms with Crippen LogP contribution in [0.15, 0.2) is 30.5 Å². The molecule has 0 aliphatic rings. The van der Waals surface area contributed by atoms with Gasteiger partial charge in [0.25, 0.3) is 0 Å². The first-order chi connectivity index (χ1) is 13.5. The van der Waals surface area contributed by atoms with E-state index in [4.69, 9.17) is 23.4 Å². The van der Waals surface area contributed by atoms with Gasteiger partial charge in [-0.05, 0) is 37.2 Å². The van der Waals surface area contributed by atoms with Gasteiger partial charge in [-0.15, -0.1) is 0 Å². The van der Waals surface area contributed by atoms with Crippen molar-refractivity contribution in [2.24, 2.45) is 5.92 Å². The molecule has 0 amide bonds. The molecule has 0 fully saturated rings. The molecule has 150 valence electrons. The van der Waals surface area contributed by atoms with E-state index in [0.717, 1.165) is 37.5 Å². The molecule has 9 heteroatoms. The zero-order valence-electron chi connectivity index (χ0n) is 16.3. The Bertz CT molecular complexity index is 924. The second-order valence-corrected chi connectivity index (χ2v) is 7.43. The van der Waals surface area contributed by atoms with Crippen LogP contribution in [0.1, 0.15) is 20.8 Å². The average molecular weight is 422 g/mol. The topological polar surface area (TPSA) is 70.9 Å². The van der Waals surface area contributed by atoms with E-state index in [2.05, 4.69) is 51.3 Å². The van der Waals surface area contributed by atoms with Gasteiger partial charge >= 0.3 is 0 Å². The molecule has 2 heterocycles. The first kappa shape index (κ1) is 20.6. The van der Waals surface area contributed by atoms with Gasteiger partial charge in [0.2, 0.25) is 11.9 Å². The molecule has 2 aromatic heterocycles. The van der Waals surface area contributed by atoms with Crippen LogP contribution in [-0.4, -0.2) is 50.1 Å². The van der Waals surface area contributed by atoms with Gasteiger partial charge in [0.1, 0.15) is 11.3 Å². The molecule has 0 saturated heterocycles. The van der Waals surface area contributed by atoms with Crippen molar-refractivity contribution in [1.29, 1.82) is 0 Å². The number of para-hydroxylation sites is 1. The van der Waals surface area contributed by atoms with Gasteiger partial charge in [-0.1, -0.05) is 38.4 Å². The molecule has 1 atom stereocenters. The fraction of sp³-hybridized carbons (Fsp3) is 0.421. The second-order valence-electron chi connectivity index (χ2n) is 6.69. The molecule has 28 heavy (non-hydrogen) atoms. The molecule has 3 aromatic rings. The van der Waals surface area contributed by atoms with E-state index >= 15 is 0 Å². The molecule has 0 bridgehead atoms. The number of imidazole rings is 1. The first-order valence-electron chi connectivity index (χ1n) is 9.41. The number of aromatic nitrogens is 4. The van der Waals surface area contributed by atoms with E-state index < -0.39 is 0 Å². The summed E-state index contributed by atoms with van der Waals surface area (Å²) in [7, 11) is 0. The summed E-state index contributed by atoms with van der Waals surface area (Å²) in [5.74, 6) is 2.08. The highest BCUT2D eigenvalue weighted by molar-refractivity contribution is 6.35. The number of fused-ring (bicyclic) bond motifs is 1. The number of rotatable bonds is 9. The van der Waals surface area contributed by atoms with E-state index in [9.17, 15) is 0 Å². The van der Waals surface area contributed by atoms with Crippen LogP contribution in [0.4, 0.5) is 17.7 Å². The lowest BCUT2D eigenvalue weighted by Crippen LogP contribution is -2.31. The van der Waals surface area contributed by atoms with Crippen molar-refractivity contribution < 1.29 is 0 Å². The number of benzene rings is 1. The third-order valence-electron chi connectivity index (χ3n) is 4.56. The van der Waals surface area contributed by atoms with Crippen molar-refractivity contribution in [3.8, 4) is 0 Å². The Kier molecular flexibility index (Phi) is 6.93. The molecular weight excluding hydrogens is 397 g/mol. The van der Waals surface area contributed by atoms with Crippen molar-refractivity contribution in [2.75, 3.05) is 36.8 Å². The van der Waals surface area contributed by atoms with Crippen molar-refractivity contribution in [3.63, 3.8) is 0 Å². The number of halogens is 2. The first-order valence-corrected chi connectivity index (χ1v) is 10.1. The highest BCUT2D eigenvalue weighted by atomic mass is 35.5. The third-order valence-corrected chi connectivity index (χ3v) is 5.20. The number of anilines is 3. The molecule has 0 saturated carbocycles. The van der Waals surface area contributed by atoms with Crippen LogP contribution in [0.25, 0.3) is 11.0 Å². The Morgan fingerprint density at radius 2 is 1.96 bits per heavy atom. The number of hydrogen-bond acceptors (Lipinski definition) is 6. The third kappa shape index (κ3) is 4.84. The largest absolute Gasteiger partial charge is 0.370 e.